The Morgan fingerprint density at radius 1 is 1.25 bits per heavy atom. The maximum Gasteiger partial charge on any atom is 0.195 e. The van der Waals surface area contributed by atoms with Gasteiger partial charge in [-0.2, -0.15) is 0 Å². The fraction of sp³-hybridized carbons (Fsp3) is 0.500. The number of guanidine groups is 1. The molecule has 1 aliphatic rings. The zero-order valence-corrected chi connectivity index (χ0v) is 15.1. The number of aryl methyl sites for hydroxylation is 1. The number of hydrogen-bond donors (Lipinski definition) is 5. The third-order valence-corrected chi connectivity index (χ3v) is 4.02. The summed E-state index contributed by atoms with van der Waals surface area (Å²) in [5, 5.41) is 6.50. The van der Waals surface area contributed by atoms with Crippen molar-refractivity contribution in [1.29, 1.82) is 0 Å². The van der Waals surface area contributed by atoms with Crippen LogP contribution in [-0.2, 0) is 0 Å². The average Bonchev–Trinajstić information content (AvgIpc) is 2.52. The standard InChI is InChI=1S/C18H30N6/c1-12(2)24-21-10-6-9-20-17-11-16(22-18(19)23-17)15-8-5-7-13(3)14(15)4/h5,7-8,11-12,16,20-21,24H,6,9-10H2,1-4H3,(H3,19,22,23). The van der Waals surface area contributed by atoms with Crippen molar-refractivity contribution in [3.05, 3.63) is 46.8 Å². The van der Waals surface area contributed by atoms with Gasteiger partial charge in [0, 0.05) is 19.1 Å². The zero-order chi connectivity index (χ0) is 17.5. The molecule has 0 saturated heterocycles. The lowest BCUT2D eigenvalue weighted by atomic mass is 9.97. The molecule has 0 fully saturated rings. The number of benzene rings is 1. The second-order valence-corrected chi connectivity index (χ2v) is 6.46. The molecule has 1 heterocycles. The first kappa shape index (κ1) is 18.3. The van der Waals surface area contributed by atoms with E-state index in [1.807, 2.05) is 0 Å². The number of aliphatic imine (C=N–C) groups is 1. The highest BCUT2D eigenvalue weighted by Gasteiger charge is 2.17. The predicted molar refractivity (Wildman–Crippen MR) is 100 cm³/mol. The van der Waals surface area contributed by atoms with Crippen molar-refractivity contribution in [3.63, 3.8) is 0 Å². The van der Waals surface area contributed by atoms with Crippen LogP contribution >= 0.6 is 0 Å². The fourth-order valence-corrected chi connectivity index (χ4v) is 2.59. The number of hydrazine groups is 1. The van der Waals surface area contributed by atoms with Crippen LogP contribution in [0.4, 0.5) is 0 Å². The molecule has 1 atom stereocenters. The van der Waals surface area contributed by atoms with Gasteiger partial charge >= 0.3 is 0 Å². The van der Waals surface area contributed by atoms with Crippen molar-refractivity contribution in [1.82, 2.24) is 21.5 Å². The summed E-state index contributed by atoms with van der Waals surface area (Å²) in [7, 11) is 0. The minimum atomic E-state index is -0.0469. The second kappa shape index (κ2) is 8.70. The minimum absolute atomic E-state index is 0.0469. The summed E-state index contributed by atoms with van der Waals surface area (Å²) in [6.45, 7) is 10.2. The Labute approximate surface area is 145 Å². The van der Waals surface area contributed by atoms with Crippen molar-refractivity contribution < 1.29 is 0 Å². The number of nitrogens with one attached hydrogen (secondary N) is 4. The molecule has 0 radical (unpaired) electrons. The molecule has 1 aliphatic heterocycles. The van der Waals surface area contributed by atoms with Crippen LogP contribution < -0.4 is 27.2 Å². The van der Waals surface area contributed by atoms with E-state index in [2.05, 4.69) is 78.4 Å². The molecule has 0 aromatic heterocycles. The van der Waals surface area contributed by atoms with Crippen molar-refractivity contribution in [2.75, 3.05) is 13.1 Å². The first-order chi connectivity index (χ1) is 11.5. The topological polar surface area (TPSA) is 86.5 Å². The highest BCUT2D eigenvalue weighted by atomic mass is 15.4. The molecule has 0 bridgehead atoms. The van der Waals surface area contributed by atoms with Crippen LogP contribution in [0.25, 0.3) is 0 Å². The summed E-state index contributed by atoms with van der Waals surface area (Å²) in [6.07, 6.45) is 3.10. The molecule has 1 aromatic carbocycles. The van der Waals surface area contributed by atoms with Crippen LogP contribution in [0, 0.1) is 13.8 Å². The summed E-state index contributed by atoms with van der Waals surface area (Å²) >= 11 is 0. The molecule has 0 spiro atoms. The molecular weight excluding hydrogens is 300 g/mol. The van der Waals surface area contributed by atoms with Gasteiger partial charge in [-0.3, -0.25) is 10.9 Å². The lowest BCUT2D eigenvalue weighted by Gasteiger charge is -2.23. The maximum atomic E-state index is 5.96. The van der Waals surface area contributed by atoms with Gasteiger partial charge in [-0.05, 0) is 56.9 Å². The van der Waals surface area contributed by atoms with E-state index < -0.39 is 0 Å². The van der Waals surface area contributed by atoms with Crippen molar-refractivity contribution in [2.45, 2.75) is 46.2 Å². The predicted octanol–water partition coefficient (Wildman–Crippen LogP) is 1.59. The molecule has 1 aromatic rings. The van der Waals surface area contributed by atoms with E-state index in [1.165, 1.54) is 16.7 Å². The summed E-state index contributed by atoms with van der Waals surface area (Å²) in [5.74, 6) is 1.37. The van der Waals surface area contributed by atoms with Gasteiger partial charge in [0.15, 0.2) is 5.96 Å². The molecule has 0 aliphatic carbocycles. The van der Waals surface area contributed by atoms with Gasteiger partial charge in [-0.15, -0.1) is 0 Å². The Morgan fingerprint density at radius 3 is 2.79 bits per heavy atom. The van der Waals surface area contributed by atoms with E-state index >= 15 is 0 Å². The van der Waals surface area contributed by atoms with Crippen LogP contribution in [0.1, 0.15) is 43.0 Å². The summed E-state index contributed by atoms with van der Waals surface area (Å²) in [4.78, 5) is 4.53. The highest BCUT2D eigenvalue weighted by Crippen LogP contribution is 2.26. The van der Waals surface area contributed by atoms with Crippen molar-refractivity contribution >= 4 is 5.96 Å². The third-order valence-electron chi connectivity index (χ3n) is 4.02. The molecule has 6 N–H and O–H groups in total. The number of nitrogens with two attached hydrogens (primary N) is 1. The van der Waals surface area contributed by atoms with Crippen molar-refractivity contribution in [3.8, 4) is 0 Å². The number of hydrogen-bond acceptors (Lipinski definition) is 6. The van der Waals surface area contributed by atoms with Crippen LogP contribution in [0.3, 0.4) is 0 Å². The van der Waals surface area contributed by atoms with E-state index in [9.17, 15) is 0 Å². The zero-order valence-electron chi connectivity index (χ0n) is 15.1. The molecular formula is C18H30N6. The number of rotatable bonds is 8. The Kier molecular flexibility index (Phi) is 6.63. The molecule has 1 unspecified atom stereocenters. The van der Waals surface area contributed by atoms with Crippen molar-refractivity contribution in [2.24, 2.45) is 10.7 Å². The van der Waals surface area contributed by atoms with E-state index in [-0.39, 0.29) is 6.04 Å². The van der Waals surface area contributed by atoms with Gasteiger partial charge in [-0.25, -0.2) is 4.99 Å². The lowest BCUT2D eigenvalue weighted by Crippen LogP contribution is -2.41. The summed E-state index contributed by atoms with van der Waals surface area (Å²) < 4.78 is 0. The maximum absolute atomic E-state index is 5.96. The molecule has 0 amide bonds. The van der Waals surface area contributed by atoms with Gasteiger partial charge in [0.1, 0.15) is 11.9 Å². The van der Waals surface area contributed by atoms with Gasteiger partial charge in [0.2, 0.25) is 0 Å². The summed E-state index contributed by atoms with van der Waals surface area (Å²) in [6, 6.07) is 6.70. The van der Waals surface area contributed by atoms with Crippen LogP contribution in [0.2, 0.25) is 0 Å². The molecule has 132 valence electrons. The molecule has 0 saturated carbocycles. The van der Waals surface area contributed by atoms with Crippen LogP contribution in [0.5, 0.6) is 0 Å². The number of nitrogens with zero attached hydrogens (tertiary/aromatic N) is 1. The SMILES string of the molecule is Cc1cccc(C2C=C(NCCCNNC(C)C)NC(N)=N2)c1C. The molecule has 24 heavy (non-hydrogen) atoms. The Balaban J connectivity index is 1.92. The monoisotopic (exact) mass is 330 g/mol. The largest absolute Gasteiger partial charge is 0.372 e. The van der Waals surface area contributed by atoms with E-state index in [0.717, 1.165) is 25.3 Å². The van der Waals surface area contributed by atoms with E-state index in [0.29, 0.717) is 12.0 Å². The van der Waals surface area contributed by atoms with E-state index in [4.69, 9.17) is 5.73 Å². The quantitative estimate of drug-likeness (QED) is 0.369. The van der Waals surface area contributed by atoms with Crippen LogP contribution in [0.15, 0.2) is 35.1 Å². The minimum Gasteiger partial charge on any atom is -0.372 e. The Morgan fingerprint density at radius 2 is 2.04 bits per heavy atom. The normalized spacial score (nSPS) is 17.3. The molecule has 2 rings (SSSR count). The van der Waals surface area contributed by atoms with Gasteiger partial charge in [-0.1, -0.05) is 18.2 Å². The van der Waals surface area contributed by atoms with Gasteiger partial charge in [0.25, 0.3) is 0 Å². The van der Waals surface area contributed by atoms with E-state index in [1.54, 1.807) is 0 Å². The first-order valence-corrected chi connectivity index (χ1v) is 8.58. The Bertz CT molecular complexity index is 606. The lowest BCUT2D eigenvalue weighted by molar-refractivity contribution is 0.463. The average molecular weight is 330 g/mol. The van der Waals surface area contributed by atoms with Gasteiger partial charge in [0.05, 0.1) is 0 Å². The third kappa shape index (κ3) is 5.25. The Hall–Kier alpha value is -2.05. The fourth-order valence-electron chi connectivity index (χ4n) is 2.59. The molecule has 6 heteroatoms. The van der Waals surface area contributed by atoms with Gasteiger partial charge < -0.3 is 16.4 Å². The van der Waals surface area contributed by atoms with Crippen LogP contribution in [-0.4, -0.2) is 25.1 Å². The first-order valence-electron chi connectivity index (χ1n) is 8.58. The smallest absolute Gasteiger partial charge is 0.195 e. The highest BCUT2D eigenvalue weighted by molar-refractivity contribution is 5.81. The second-order valence-electron chi connectivity index (χ2n) is 6.46. The molecule has 6 nitrogen and oxygen atoms in total. The summed E-state index contributed by atoms with van der Waals surface area (Å²) in [5.41, 5.74) is 16.1.